The number of fused-ring (bicyclic) bond motifs is 1. The van der Waals surface area contributed by atoms with Crippen LogP contribution in [0.15, 0.2) is 24.3 Å². The van der Waals surface area contributed by atoms with Crippen LogP contribution in [0.3, 0.4) is 0 Å². The van der Waals surface area contributed by atoms with E-state index in [1.165, 1.54) is 0 Å². The van der Waals surface area contributed by atoms with Gasteiger partial charge in [-0.1, -0.05) is 12.1 Å². The Labute approximate surface area is 124 Å². The van der Waals surface area contributed by atoms with Gasteiger partial charge < -0.3 is 15.0 Å². The maximum atomic E-state index is 5.55. The van der Waals surface area contributed by atoms with Crippen molar-refractivity contribution in [2.75, 3.05) is 51.1 Å². The van der Waals surface area contributed by atoms with Crippen LogP contribution in [0.1, 0.15) is 0 Å². The number of likely N-dealkylation sites (N-methyl/N-ethyl adjacent to an activating group) is 1. The zero-order valence-corrected chi connectivity index (χ0v) is 12.5. The van der Waals surface area contributed by atoms with E-state index in [-0.39, 0.29) is 0 Å². The Hall–Kier alpha value is -1.96. The second kappa shape index (κ2) is 7.72. The fraction of sp³-hybridized carbons (Fsp3) is 0.429. The summed E-state index contributed by atoms with van der Waals surface area (Å²) < 4.78 is 5.55. The summed E-state index contributed by atoms with van der Waals surface area (Å²) in [4.78, 5) is 10.7. The minimum Gasteiger partial charge on any atom is -0.378 e. The number of nitrogens with two attached hydrogens (primary N) is 1. The van der Waals surface area contributed by atoms with Crippen LogP contribution in [0.25, 0.3) is 10.9 Å². The van der Waals surface area contributed by atoms with E-state index in [1.807, 2.05) is 38.4 Å². The number of hydrogen-bond donors (Lipinski definition) is 3. The summed E-state index contributed by atoms with van der Waals surface area (Å²) in [6, 6.07) is 7.80. The third kappa shape index (κ3) is 4.52. The molecule has 0 saturated carbocycles. The average molecular weight is 290 g/mol. The molecule has 0 aliphatic heterocycles. The number of para-hydroxylation sites is 1. The number of benzene rings is 1. The number of nitrogen functional groups attached to an aromatic ring is 1. The van der Waals surface area contributed by atoms with Gasteiger partial charge in [-0.2, -0.15) is 4.98 Å². The average Bonchev–Trinajstić information content (AvgIpc) is 2.50. The number of nitrogens with one attached hydrogen (secondary N) is 2. The minimum atomic E-state index is 0.393. The smallest absolute Gasteiger partial charge is 0.239 e. The van der Waals surface area contributed by atoms with E-state index >= 15 is 0 Å². The molecule has 0 unspecified atom stereocenters. The molecule has 2 rings (SSSR count). The van der Waals surface area contributed by atoms with Crippen molar-refractivity contribution in [3.05, 3.63) is 24.3 Å². The third-order valence-electron chi connectivity index (χ3n) is 2.95. The highest BCUT2D eigenvalue weighted by Crippen LogP contribution is 2.21. The number of nitrogens with zero attached hydrogens (tertiary/aromatic N) is 3. The van der Waals surface area contributed by atoms with Gasteiger partial charge in [-0.15, -0.1) is 0 Å². The molecular formula is C14H22N6O. The standard InChI is InChI=1S/C14H22N6O/c1-20(2)8-10-21-9-7-16-13-11-5-3-4-6-12(11)17-14(18-13)19-15/h3-6H,7-10,15H2,1-2H3,(H2,16,17,18,19). The Kier molecular flexibility index (Phi) is 5.68. The lowest BCUT2D eigenvalue weighted by molar-refractivity contribution is 0.126. The second-order valence-corrected chi connectivity index (χ2v) is 4.90. The van der Waals surface area contributed by atoms with E-state index in [4.69, 9.17) is 10.6 Å². The van der Waals surface area contributed by atoms with E-state index in [2.05, 4.69) is 25.6 Å². The summed E-state index contributed by atoms with van der Waals surface area (Å²) in [7, 11) is 4.05. The fourth-order valence-corrected chi connectivity index (χ4v) is 1.87. The molecule has 4 N–H and O–H groups in total. The molecule has 0 spiro atoms. The molecule has 21 heavy (non-hydrogen) atoms. The quantitative estimate of drug-likeness (QED) is 0.378. The number of ether oxygens (including phenoxy) is 1. The van der Waals surface area contributed by atoms with Crippen LogP contribution in [0, 0.1) is 0 Å². The normalized spacial score (nSPS) is 11.0. The van der Waals surface area contributed by atoms with Crippen LogP contribution in [0.2, 0.25) is 0 Å². The Balaban J connectivity index is 1.94. The first-order valence-electron chi connectivity index (χ1n) is 6.90. The van der Waals surface area contributed by atoms with E-state index in [9.17, 15) is 0 Å². The zero-order chi connectivity index (χ0) is 15.1. The summed E-state index contributed by atoms with van der Waals surface area (Å²) in [6.45, 7) is 2.93. The Morgan fingerprint density at radius 2 is 2.00 bits per heavy atom. The monoisotopic (exact) mass is 290 g/mol. The Morgan fingerprint density at radius 1 is 1.19 bits per heavy atom. The molecule has 2 aromatic rings. The van der Waals surface area contributed by atoms with Crippen molar-refractivity contribution in [1.29, 1.82) is 0 Å². The number of hydrogen-bond acceptors (Lipinski definition) is 7. The molecule has 7 nitrogen and oxygen atoms in total. The number of aromatic nitrogens is 2. The van der Waals surface area contributed by atoms with Crippen LogP contribution in [0.4, 0.5) is 11.8 Å². The van der Waals surface area contributed by atoms with Gasteiger partial charge in [-0.3, -0.25) is 5.43 Å². The fourth-order valence-electron chi connectivity index (χ4n) is 1.87. The van der Waals surface area contributed by atoms with Crippen molar-refractivity contribution >= 4 is 22.7 Å². The third-order valence-corrected chi connectivity index (χ3v) is 2.95. The molecule has 0 aliphatic rings. The van der Waals surface area contributed by atoms with Crippen molar-refractivity contribution in [3.63, 3.8) is 0 Å². The highest BCUT2D eigenvalue weighted by atomic mass is 16.5. The topological polar surface area (TPSA) is 88.3 Å². The van der Waals surface area contributed by atoms with Gasteiger partial charge in [0.2, 0.25) is 5.95 Å². The van der Waals surface area contributed by atoms with E-state index in [0.29, 0.717) is 19.1 Å². The van der Waals surface area contributed by atoms with Crippen molar-refractivity contribution in [3.8, 4) is 0 Å². The van der Waals surface area contributed by atoms with Gasteiger partial charge in [0.1, 0.15) is 5.82 Å². The highest BCUT2D eigenvalue weighted by Gasteiger charge is 2.06. The summed E-state index contributed by atoms with van der Waals surface area (Å²) in [5.74, 6) is 6.55. The van der Waals surface area contributed by atoms with Gasteiger partial charge in [0, 0.05) is 18.5 Å². The maximum Gasteiger partial charge on any atom is 0.239 e. The summed E-state index contributed by atoms with van der Waals surface area (Å²) in [5.41, 5.74) is 3.33. The first-order chi connectivity index (χ1) is 10.2. The van der Waals surface area contributed by atoms with Crippen molar-refractivity contribution in [2.45, 2.75) is 0 Å². The van der Waals surface area contributed by atoms with Gasteiger partial charge in [0.05, 0.1) is 18.7 Å². The molecular weight excluding hydrogens is 268 g/mol. The van der Waals surface area contributed by atoms with Gasteiger partial charge in [0.15, 0.2) is 0 Å². The molecule has 0 radical (unpaired) electrons. The Bertz CT molecular complexity index is 574. The van der Waals surface area contributed by atoms with Crippen LogP contribution in [-0.4, -0.2) is 55.3 Å². The minimum absolute atomic E-state index is 0.393. The summed E-state index contributed by atoms with van der Waals surface area (Å²) >= 11 is 0. The van der Waals surface area contributed by atoms with Gasteiger partial charge in [-0.25, -0.2) is 10.8 Å². The molecule has 0 amide bonds. The predicted octanol–water partition coefficient (Wildman–Crippen LogP) is 0.906. The lowest BCUT2D eigenvalue weighted by Gasteiger charge is -2.12. The SMILES string of the molecule is CN(C)CCOCCNc1nc(NN)nc2ccccc12. The molecule has 0 bridgehead atoms. The lowest BCUT2D eigenvalue weighted by atomic mass is 10.2. The van der Waals surface area contributed by atoms with Crippen molar-refractivity contribution < 1.29 is 4.74 Å². The first kappa shape index (κ1) is 15.4. The maximum absolute atomic E-state index is 5.55. The largest absolute Gasteiger partial charge is 0.378 e. The lowest BCUT2D eigenvalue weighted by Crippen LogP contribution is -2.20. The van der Waals surface area contributed by atoms with E-state index < -0.39 is 0 Å². The molecule has 7 heteroatoms. The summed E-state index contributed by atoms with van der Waals surface area (Å²) in [6.07, 6.45) is 0. The molecule has 1 heterocycles. The molecule has 114 valence electrons. The molecule has 0 saturated heterocycles. The van der Waals surface area contributed by atoms with Crippen LogP contribution < -0.4 is 16.6 Å². The van der Waals surface area contributed by atoms with Crippen LogP contribution in [-0.2, 0) is 4.74 Å². The number of anilines is 2. The number of hydrazine groups is 1. The van der Waals surface area contributed by atoms with Crippen LogP contribution in [0.5, 0.6) is 0 Å². The first-order valence-corrected chi connectivity index (χ1v) is 6.90. The van der Waals surface area contributed by atoms with Gasteiger partial charge in [-0.05, 0) is 26.2 Å². The van der Waals surface area contributed by atoms with E-state index in [0.717, 1.165) is 29.9 Å². The van der Waals surface area contributed by atoms with Crippen LogP contribution >= 0.6 is 0 Å². The molecule has 0 atom stereocenters. The molecule has 1 aromatic heterocycles. The number of rotatable bonds is 8. The second-order valence-electron chi connectivity index (χ2n) is 4.90. The van der Waals surface area contributed by atoms with Gasteiger partial charge >= 0.3 is 0 Å². The highest BCUT2D eigenvalue weighted by molar-refractivity contribution is 5.89. The van der Waals surface area contributed by atoms with E-state index in [1.54, 1.807) is 0 Å². The van der Waals surface area contributed by atoms with Gasteiger partial charge in [0.25, 0.3) is 0 Å². The molecule has 0 aliphatic carbocycles. The van der Waals surface area contributed by atoms with Crippen molar-refractivity contribution in [2.24, 2.45) is 5.84 Å². The zero-order valence-electron chi connectivity index (χ0n) is 12.5. The molecule has 1 aromatic carbocycles. The van der Waals surface area contributed by atoms with Crippen molar-refractivity contribution in [1.82, 2.24) is 14.9 Å². The summed E-state index contributed by atoms with van der Waals surface area (Å²) in [5, 5.41) is 4.23. The predicted molar refractivity (Wildman–Crippen MR) is 85.2 cm³/mol. The Morgan fingerprint density at radius 3 is 2.76 bits per heavy atom. The molecule has 0 fully saturated rings.